The molecule has 2 fully saturated rings. The van der Waals surface area contributed by atoms with Gasteiger partial charge in [-0.1, -0.05) is 6.58 Å². The average molecular weight is 274 g/mol. The Morgan fingerprint density at radius 3 is 2.53 bits per heavy atom. The van der Waals surface area contributed by atoms with E-state index in [-0.39, 0.29) is 13.2 Å². The van der Waals surface area contributed by atoms with E-state index in [1.54, 1.807) is 20.8 Å². The van der Waals surface area contributed by atoms with Gasteiger partial charge in [-0.25, -0.2) is 0 Å². The molecule has 2 heterocycles. The first-order valence-corrected chi connectivity index (χ1v) is 6.31. The number of hydrogen-bond acceptors (Lipinski definition) is 6. The fourth-order valence-electron chi connectivity index (χ4n) is 2.47. The van der Waals surface area contributed by atoms with E-state index < -0.39 is 29.9 Å². The molecule has 4 atom stereocenters. The average Bonchev–Trinajstić information content (AvgIpc) is 2.61. The first-order valence-electron chi connectivity index (χ1n) is 6.31. The molecule has 2 aliphatic rings. The van der Waals surface area contributed by atoms with Gasteiger partial charge in [0, 0.05) is 7.11 Å². The van der Waals surface area contributed by atoms with Crippen molar-refractivity contribution in [2.24, 2.45) is 0 Å². The Kier molecular flexibility index (Phi) is 3.90. The zero-order chi connectivity index (χ0) is 14.3. The van der Waals surface area contributed by atoms with Crippen LogP contribution in [-0.2, 0) is 23.7 Å². The lowest BCUT2D eigenvalue weighted by Gasteiger charge is -2.45. The molecule has 2 rings (SSSR count). The summed E-state index contributed by atoms with van der Waals surface area (Å²) in [7, 11) is 1.52. The highest BCUT2D eigenvalue weighted by atomic mass is 16.8. The minimum atomic E-state index is -1.08. The zero-order valence-electron chi connectivity index (χ0n) is 11.8. The van der Waals surface area contributed by atoms with Gasteiger partial charge in [0.25, 0.3) is 0 Å². The number of methoxy groups -OCH3 is 1. The Morgan fingerprint density at radius 2 is 2.05 bits per heavy atom. The van der Waals surface area contributed by atoms with E-state index in [0.29, 0.717) is 5.76 Å². The number of hydrogen-bond donors (Lipinski definition) is 1. The lowest BCUT2D eigenvalue weighted by Crippen LogP contribution is -2.63. The molecule has 1 spiro atoms. The van der Waals surface area contributed by atoms with Crippen LogP contribution in [0.5, 0.6) is 0 Å². The summed E-state index contributed by atoms with van der Waals surface area (Å²) in [5.41, 5.74) is 0. The van der Waals surface area contributed by atoms with Crippen LogP contribution in [0.2, 0.25) is 0 Å². The highest BCUT2D eigenvalue weighted by Crippen LogP contribution is 2.41. The summed E-state index contributed by atoms with van der Waals surface area (Å²) >= 11 is 0. The maximum atomic E-state index is 9.97. The van der Waals surface area contributed by atoms with Crippen molar-refractivity contribution in [2.75, 3.05) is 20.3 Å². The molecule has 0 aromatic heterocycles. The number of aliphatic hydroxyl groups excluding tert-OH is 1. The molecule has 2 aliphatic heterocycles. The van der Waals surface area contributed by atoms with Crippen molar-refractivity contribution in [3.05, 3.63) is 12.3 Å². The summed E-state index contributed by atoms with van der Waals surface area (Å²) in [6.45, 7) is 9.37. The van der Waals surface area contributed by atoms with Gasteiger partial charge in [0.2, 0.25) is 5.79 Å². The molecule has 6 nitrogen and oxygen atoms in total. The van der Waals surface area contributed by atoms with E-state index in [0.717, 1.165) is 0 Å². The number of rotatable bonds is 3. The number of ether oxygens (including phenoxy) is 5. The molecular formula is C13H22O6. The zero-order valence-corrected chi connectivity index (χ0v) is 11.8. The van der Waals surface area contributed by atoms with Crippen LogP contribution in [0.25, 0.3) is 0 Å². The molecule has 0 aliphatic carbocycles. The molecule has 0 bridgehead atoms. The summed E-state index contributed by atoms with van der Waals surface area (Å²) in [6, 6.07) is 0. The van der Waals surface area contributed by atoms with Crippen LogP contribution in [0.4, 0.5) is 0 Å². The van der Waals surface area contributed by atoms with Crippen molar-refractivity contribution >= 4 is 0 Å². The summed E-state index contributed by atoms with van der Waals surface area (Å²) in [4.78, 5) is 0. The molecule has 2 saturated heterocycles. The van der Waals surface area contributed by atoms with Gasteiger partial charge in [-0.05, 0) is 20.8 Å². The van der Waals surface area contributed by atoms with Crippen LogP contribution in [0, 0.1) is 0 Å². The van der Waals surface area contributed by atoms with Gasteiger partial charge >= 0.3 is 0 Å². The molecule has 0 radical (unpaired) electrons. The van der Waals surface area contributed by atoms with Crippen LogP contribution in [-0.4, -0.2) is 55.3 Å². The predicted octanol–water partition coefficient (Wildman–Crippen LogP) is 0.790. The highest BCUT2D eigenvalue weighted by Gasteiger charge is 2.60. The smallest absolute Gasteiger partial charge is 0.235 e. The first kappa shape index (κ1) is 14.7. The summed E-state index contributed by atoms with van der Waals surface area (Å²) in [5, 5.41) is 9.97. The molecule has 0 aromatic carbocycles. The SMILES string of the molecule is C=C(C)O[C@@H]1[C@H](OC)[C@H](O)CO[C@]12COC(C)(C)O2. The van der Waals surface area contributed by atoms with Gasteiger partial charge < -0.3 is 28.8 Å². The molecule has 0 amide bonds. The van der Waals surface area contributed by atoms with E-state index in [4.69, 9.17) is 23.7 Å². The van der Waals surface area contributed by atoms with E-state index in [1.807, 2.05) is 0 Å². The quantitative estimate of drug-likeness (QED) is 0.768. The van der Waals surface area contributed by atoms with Crippen molar-refractivity contribution in [2.45, 2.75) is 50.7 Å². The summed E-state index contributed by atoms with van der Waals surface area (Å²) in [5.74, 6) is -1.35. The molecule has 0 unspecified atom stereocenters. The van der Waals surface area contributed by atoms with E-state index in [2.05, 4.69) is 6.58 Å². The Morgan fingerprint density at radius 1 is 1.37 bits per heavy atom. The molecule has 0 aromatic rings. The van der Waals surface area contributed by atoms with E-state index in [1.165, 1.54) is 7.11 Å². The third kappa shape index (κ3) is 2.78. The minimum absolute atomic E-state index is 0.105. The standard InChI is InChI=1S/C13H22O6/c1-8(2)18-11-10(15-5)9(14)6-16-13(11)7-17-12(3,4)19-13/h9-11,14H,1,6-7H2,2-5H3/t9-,10-,11-,13+/m1/s1. The van der Waals surface area contributed by atoms with E-state index in [9.17, 15) is 5.11 Å². The highest BCUT2D eigenvalue weighted by molar-refractivity contribution is 5.00. The van der Waals surface area contributed by atoms with Crippen molar-refractivity contribution in [1.82, 2.24) is 0 Å². The number of allylic oxidation sites excluding steroid dienone is 1. The van der Waals surface area contributed by atoms with Crippen LogP contribution in [0.3, 0.4) is 0 Å². The maximum Gasteiger partial charge on any atom is 0.235 e. The van der Waals surface area contributed by atoms with Crippen molar-refractivity contribution in [3.8, 4) is 0 Å². The van der Waals surface area contributed by atoms with Gasteiger partial charge in [-0.2, -0.15) is 0 Å². The Labute approximate surface area is 113 Å². The molecule has 1 N–H and O–H groups in total. The van der Waals surface area contributed by atoms with Crippen LogP contribution >= 0.6 is 0 Å². The number of aliphatic hydroxyl groups is 1. The topological polar surface area (TPSA) is 66.4 Å². The predicted molar refractivity (Wildman–Crippen MR) is 66.3 cm³/mol. The third-order valence-electron chi connectivity index (χ3n) is 3.25. The summed E-state index contributed by atoms with van der Waals surface area (Å²) in [6.07, 6.45) is -1.99. The first-order chi connectivity index (χ1) is 8.80. The van der Waals surface area contributed by atoms with Crippen molar-refractivity contribution < 1.29 is 28.8 Å². The third-order valence-corrected chi connectivity index (χ3v) is 3.25. The van der Waals surface area contributed by atoms with Gasteiger partial charge in [-0.3, -0.25) is 0 Å². The molecule has 0 saturated carbocycles. The van der Waals surface area contributed by atoms with Crippen molar-refractivity contribution in [1.29, 1.82) is 0 Å². The minimum Gasteiger partial charge on any atom is -0.487 e. The maximum absolute atomic E-state index is 9.97. The molecule has 19 heavy (non-hydrogen) atoms. The van der Waals surface area contributed by atoms with Gasteiger partial charge in [0.05, 0.1) is 12.4 Å². The van der Waals surface area contributed by atoms with Crippen LogP contribution in [0.1, 0.15) is 20.8 Å². The second-order valence-electron chi connectivity index (χ2n) is 5.42. The molecule has 6 heteroatoms. The monoisotopic (exact) mass is 274 g/mol. The lowest BCUT2D eigenvalue weighted by atomic mass is 9.96. The second kappa shape index (κ2) is 5.03. The Bertz CT molecular complexity index is 355. The van der Waals surface area contributed by atoms with E-state index >= 15 is 0 Å². The van der Waals surface area contributed by atoms with Crippen LogP contribution in [0.15, 0.2) is 12.3 Å². The van der Waals surface area contributed by atoms with Gasteiger partial charge in [0.15, 0.2) is 11.9 Å². The molecular weight excluding hydrogens is 252 g/mol. The van der Waals surface area contributed by atoms with Gasteiger partial charge in [0.1, 0.15) is 18.8 Å². The van der Waals surface area contributed by atoms with Crippen LogP contribution < -0.4 is 0 Å². The Hall–Kier alpha value is -0.660. The largest absolute Gasteiger partial charge is 0.487 e. The fraction of sp³-hybridized carbons (Fsp3) is 0.846. The van der Waals surface area contributed by atoms with Gasteiger partial charge in [-0.15, -0.1) is 0 Å². The lowest BCUT2D eigenvalue weighted by molar-refractivity contribution is -0.342. The Balaban J connectivity index is 2.27. The second-order valence-corrected chi connectivity index (χ2v) is 5.42. The summed E-state index contributed by atoms with van der Waals surface area (Å²) < 4.78 is 28.2. The fourth-order valence-corrected chi connectivity index (χ4v) is 2.47. The van der Waals surface area contributed by atoms with Crippen molar-refractivity contribution in [3.63, 3.8) is 0 Å². The normalized spacial score (nSPS) is 41.4. The molecule has 110 valence electrons.